The van der Waals surface area contributed by atoms with Crippen molar-refractivity contribution in [2.45, 2.75) is 25.5 Å². The van der Waals surface area contributed by atoms with Crippen LogP contribution in [0.25, 0.3) is 10.2 Å². The number of carboxylic acid groups (broad SMARTS) is 1. The van der Waals surface area contributed by atoms with Crippen LogP contribution in [0.1, 0.15) is 26.3 Å². The second-order valence-electron chi connectivity index (χ2n) is 9.95. The smallest absolute Gasteiger partial charge is 0.335 e. The summed E-state index contributed by atoms with van der Waals surface area (Å²) in [5.74, 6) is -1.51. The number of hydrogen-bond donors (Lipinski definition) is 2. The maximum atomic E-state index is 12.3. The number of halogens is 9. The minimum Gasteiger partial charge on any atom is -0.478 e. The minimum atomic E-state index is -3.76. The summed E-state index contributed by atoms with van der Waals surface area (Å²) in [7, 11) is -10.9. The molecule has 0 aliphatic rings. The molecule has 2 heterocycles. The zero-order valence-electron chi connectivity index (χ0n) is 26.1. The summed E-state index contributed by atoms with van der Waals surface area (Å²) >= 11 is 29.1. The van der Waals surface area contributed by atoms with Crippen LogP contribution in [-0.4, -0.2) is 56.6 Å². The van der Waals surface area contributed by atoms with E-state index in [1.54, 1.807) is 29.8 Å². The van der Waals surface area contributed by atoms with Gasteiger partial charge in [0.15, 0.2) is 5.13 Å². The lowest BCUT2D eigenvalue weighted by atomic mass is 10.2. The third kappa shape index (κ3) is 12.4. The lowest BCUT2D eigenvalue weighted by molar-refractivity contribution is 0.0696. The van der Waals surface area contributed by atoms with Crippen LogP contribution in [0.3, 0.4) is 0 Å². The van der Waals surface area contributed by atoms with E-state index in [2.05, 4.69) is 159 Å². The highest BCUT2D eigenvalue weighted by molar-refractivity contribution is 9.43. The van der Waals surface area contributed by atoms with Crippen LogP contribution >= 0.6 is 166 Å². The molecule has 26 heteroatoms. The first-order valence-corrected chi connectivity index (χ1v) is 26.8. The number of anilines is 1. The van der Waals surface area contributed by atoms with Crippen LogP contribution in [-0.2, 0) is 29.5 Å². The average molecular weight is 1420 g/mol. The minimum absolute atomic E-state index is 0.0000798. The van der Waals surface area contributed by atoms with E-state index in [1.807, 2.05) is 13.0 Å². The predicted molar refractivity (Wildman–Crippen MR) is 244 cm³/mol. The first-order valence-electron chi connectivity index (χ1n) is 13.5. The van der Waals surface area contributed by atoms with Crippen molar-refractivity contribution in [3.05, 3.63) is 95.0 Å². The summed E-state index contributed by atoms with van der Waals surface area (Å²) in [5.41, 5.74) is 1.52. The van der Waals surface area contributed by atoms with Gasteiger partial charge in [-0.3, -0.25) is 10.1 Å². The highest BCUT2D eigenvalue weighted by Crippen LogP contribution is 2.46. The Balaban J connectivity index is 0.000000222. The topological polar surface area (TPSA) is 195 Å². The number of aryl methyl sites for hydroxylation is 1. The van der Waals surface area contributed by atoms with E-state index in [9.17, 15) is 34.8 Å². The second-order valence-corrected chi connectivity index (χ2v) is 43.3. The van der Waals surface area contributed by atoms with Gasteiger partial charge in [0.1, 0.15) is 0 Å². The summed E-state index contributed by atoms with van der Waals surface area (Å²) in [6.07, 6.45) is 1.57. The summed E-state index contributed by atoms with van der Waals surface area (Å²) in [6, 6.07) is 16.8. The Kier molecular flexibility index (Phi) is 17.2. The largest absolute Gasteiger partial charge is 0.478 e. The van der Waals surface area contributed by atoms with Gasteiger partial charge in [-0.25, -0.2) is 40.0 Å². The van der Waals surface area contributed by atoms with Gasteiger partial charge in [0, 0.05) is 17.1 Å². The maximum Gasteiger partial charge on any atom is 0.335 e. The van der Waals surface area contributed by atoms with Crippen molar-refractivity contribution in [2.24, 2.45) is 0 Å². The third-order valence-electron chi connectivity index (χ3n) is 6.12. The van der Waals surface area contributed by atoms with E-state index in [0.717, 1.165) is 16.9 Å². The van der Waals surface area contributed by atoms with Gasteiger partial charge in [-0.15, -0.1) is 22.7 Å². The van der Waals surface area contributed by atoms with Gasteiger partial charge in [-0.2, -0.15) is 0 Å². The van der Waals surface area contributed by atoms with Gasteiger partial charge >= 0.3 is 5.97 Å². The Morgan fingerprint density at radius 2 is 1.24 bits per heavy atom. The number of carboxylic acids is 1. The molecule has 0 spiro atoms. The number of amides is 1. The second kappa shape index (κ2) is 19.1. The molecule has 0 aliphatic heterocycles. The number of alkyl halides is 9. The van der Waals surface area contributed by atoms with E-state index in [4.69, 9.17) is 5.11 Å². The number of nitrogens with one attached hydrogen (secondary N) is 1. The molecular weight excluding hydrogens is 1400 g/mol. The van der Waals surface area contributed by atoms with Crippen molar-refractivity contribution < 1.29 is 39.9 Å². The van der Waals surface area contributed by atoms with E-state index >= 15 is 0 Å². The maximum absolute atomic E-state index is 12.3. The van der Waals surface area contributed by atoms with Crippen LogP contribution in [0.4, 0.5) is 5.13 Å². The van der Waals surface area contributed by atoms with Crippen LogP contribution in [0.15, 0.2) is 92.4 Å². The Morgan fingerprint density at radius 1 is 0.704 bits per heavy atom. The molecule has 54 heavy (non-hydrogen) atoms. The molecule has 12 nitrogen and oxygen atoms in total. The number of carbonyl (C=O) groups excluding carboxylic acids is 1. The molecule has 0 unspecified atom stereocenters. The number of hydrogen-bond acceptors (Lipinski definition) is 12. The van der Waals surface area contributed by atoms with Crippen molar-refractivity contribution >= 4 is 223 Å². The van der Waals surface area contributed by atoms with E-state index < -0.39 is 45.8 Å². The lowest BCUT2D eigenvalue weighted by Crippen LogP contribution is -2.19. The van der Waals surface area contributed by atoms with Crippen LogP contribution < -0.4 is 5.32 Å². The van der Waals surface area contributed by atoms with Gasteiger partial charge in [0.25, 0.3) is 5.91 Å². The first kappa shape index (κ1) is 48.7. The van der Waals surface area contributed by atoms with Crippen LogP contribution in [0.5, 0.6) is 0 Å². The highest BCUT2D eigenvalue weighted by Gasteiger charge is 2.40. The van der Waals surface area contributed by atoms with Gasteiger partial charge < -0.3 is 5.11 Å². The van der Waals surface area contributed by atoms with Gasteiger partial charge in [-0.1, -0.05) is 18.2 Å². The molecule has 0 saturated heterocycles. The van der Waals surface area contributed by atoms with Crippen molar-refractivity contribution in [1.29, 1.82) is 0 Å². The molecule has 3 aromatic carbocycles. The molecular formula is C28H18Br9N3O9S5. The molecule has 1 amide bonds. The summed E-state index contributed by atoms with van der Waals surface area (Å²) in [6.45, 7) is 1.84. The quantitative estimate of drug-likeness (QED) is 0.154. The zero-order valence-corrected chi connectivity index (χ0v) is 44.4. The summed E-state index contributed by atoms with van der Waals surface area (Å²) in [5, 5.41) is 13.6. The third-order valence-corrected chi connectivity index (χ3v) is 24.2. The number of aromatic nitrogens is 2. The molecule has 5 aromatic rings. The van der Waals surface area contributed by atoms with Gasteiger partial charge in [-0.05, 0) is 204 Å². The summed E-state index contributed by atoms with van der Waals surface area (Å²) in [4.78, 5) is 31.1. The molecule has 0 fully saturated rings. The van der Waals surface area contributed by atoms with Crippen LogP contribution in [0, 0.1) is 6.92 Å². The van der Waals surface area contributed by atoms with Crippen molar-refractivity contribution in [2.75, 3.05) is 5.32 Å². The Bertz CT molecular complexity index is 2500. The molecule has 0 bridgehead atoms. The fourth-order valence-electron chi connectivity index (χ4n) is 3.56. The summed E-state index contributed by atoms with van der Waals surface area (Å²) < 4.78 is 68.7. The normalized spacial score (nSPS) is 12.6. The monoisotopic (exact) mass is 1410 g/mol. The molecule has 0 saturated carbocycles. The van der Waals surface area contributed by atoms with Gasteiger partial charge in [0.2, 0.25) is 38.3 Å². The molecule has 5 rings (SSSR count). The number of carbonyl (C=O) groups is 2. The van der Waals surface area contributed by atoms with Crippen molar-refractivity contribution in [3.8, 4) is 0 Å². The Labute approximate surface area is 393 Å². The molecule has 292 valence electrons. The molecule has 0 atom stereocenters. The lowest BCUT2D eigenvalue weighted by Gasteiger charge is -2.14. The van der Waals surface area contributed by atoms with E-state index in [-0.39, 0.29) is 25.3 Å². The number of nitrogens with zero attached hydrogens (tertiary/aromatic N) is 2. The average Bonchev–Trinajstić information content (AvgIpc) is 3.74. The van der Waals surface area contributed by atoms with E-state index in [1.165, 1.54) is 53.8 Å². The van der Waals surface area contributed by atoms with Crippen LogP contribution in [0.2, 0.25) is 0 Å². The Morgan fingerprint density at radius 3 is 1.72 bits per heavy atom. The molecule has 2 N–H and O–H groups in total. The zero-order chi connectivity index (χ0) is 41.1. The highest BCUT2D eigenvalue weighted by atomic mass is 80.0. The predicted octanol–water partition coefficient (Wildman–Crippen LogP) is 11.1. The standard InChI is InChI=1S/C11H7Br3N2O3S2.C9H4Br3NO4S2.C8H7Br3O2S/c12-11(13,14)21(18,19)8-3-1-2-7(6-8)9(17)16-10-15-4-5-20-10;10-9(11,12)19(16,17)8-13-5-3-4(7(14)15)1-2-6(5)18-8;1-6-3-2-4-7(5-6)14(12,13)8(9,10)11/h1-6H,(H,15,16,17);1-3H,(H,14,15);2-5H,1H3. The first-order chi connectivity index (χ1) is 24.6. The number of sulfone groups is 3. The molecule has 0 radical (unpaired) electrons. The number of fused-ring (bicyclic) bond motifs is 1. The Hall–Kier alpha value is 0.290. The van der Waals surface area contributed by atoms with Crippen molar-refractivity contribution in [3.63, 3.8) is 0 Å². The number of thiazole rings is 2. The fourth-order valence-corrected chi connectivity index (χ4v) is 13.6. The fraction of sp³-hybridized carbons (Fsp3) is 0.143. The van der Waals surface area contributed by atoms with E-state index in [0.29, 0.717) is 15.3 Å². The number of aromatic carboxylic acids is 1. The SMILES string of the molecule is Cc1cccc(S(=O)(=O)C(Br)(Br)Br)c1.O=C(Nc1nccs1)c1cccc(S(=O)(=O)C(Br)(Br)Br)c1.O=C(O)c1ccc2sc(S(=O)(=O)C(Br)(Br)Br)nc2c1. The number of benzene rings is 3. The molecule has 0 aliphatic carbocycles. The van der Waals surface area contributed by atoms with Crippen molar-refractivity contribution in [1.82, 2.24) is 9.97 Å². The molecule has 2 aromatic heterocycles. The van der Waals surface area contributed by atoms with Gasteiger partial charge in [0.05, 0.1) is 25.6 Å². The number of rotatable bonds is 6.